The summed E-state index contributed by atoms with van der Waals surface area (Å²) in [6, 6.07) is 18.3. The molecule has 4 rings (SSSR count). The van der Waals surface area contributed by atoms with E-state index in [1.165, 1.54) is 0 Å². The molecule has 0 amide bonds. The Labute approximate surface area is 198 Å². The van der Waals surface area contributed by atoms with Crippen molar-refractivity contribution in [1.29, 1.82) is 0 Å². The molecule has 1 heterocycles. The Hall–Kier alpha value is -3.78. The number of hydrogen-bond acceptors (Lipinski definition) is 8. The smallest absolute Gasteiger partial charge is 0.171 e. The summed E-state index contributed by atoms with van der Waals surface area (Å²) in [5, 5.41) is 28.3. The van der Waals surface area contributed by atoms with Crippen molar-refractivity contribution in [3.8, 4) is 17.2 Å². The monoisotopic (exact) mass is 460 g/mol. The highest BCUT2D eigenvalue weighted by Crippen LogP contribution is 2.43. The Morgan fingerprint density at radius 3 is 1.56 bits per heavy atom. The fraction of sp³-hybridized carbons (Fsp3) is 0.308. The number of benzene rings is 3. The molecule has 176 valence electrons. The lowest BCUT2D eigenvalue weighted by atomic mass is 9.86. The Morgan fingerprint density at radius 2 is 1.09 bits per heavy atom. The standard InChI is InChI=1S/C26H28N4O4/c1-26(2,3)18-16-21-25(31)22(17-18)30-28-20-9-5-7-11-24(20)34-15-13-32-12-14-33-23-10-6-4-8-19(23)27-29-21/h4-11,16-17,31H,12-15H2,1-3H3. The number of fused-ring (bicyclic) bond motifs is 4. The van der Waals surface area contributed by atoms with Crippen LogP contribution in [0.1, 0.15) is 26.3 Å². The number of aromatic hydroxyl groups is 1. The molecule has 1 aliphatic heterocycles. The molecule has 0 fully saturated rings. The van der Waals surface area contributed by atoms with Crippen LogP contribution in [0.3, 0.4) is 0 Å². The lowest BCUT2D eigenvalue weighted by Crippen LogP contribution is -2.12. The van der Waals surface area contributed by atoms with Gasteiger partial charge in [-0.15, -0.1) is 20.5 Å². The zero-order valence-corrected chi connectivity index (χ0v) is 19.6. The number of hydrogen-bond donors (Lipinski definition) is 1. The van der Waals surface area contributed by atoms with Crippen LogP contribution in [-0.2, 0) is 10.2 Å². The second-order valence-corrected chi connectivity index (χ2v) is 8.76. The number of phenolic OH excluding ortho intramolecular Hbond substituents is 1. The van der Waals surface area contributed by atoms with Gasteiger partial charge in [0.2, 0.25) is 0 Å². The number of ether oxygens (including phenoxy) is 3. The fourth-order valence-corrected chi connectivity index (χ4v) is 3.25. The molecular weight excluding hydrogens is 432 g/mol. The van der Waals surface area contributed by atoms with Gasteiger partial charge in [-0.25, -0.2) is 0 Å². The van der Waals surface area contributed by atoms with Crippen molar-refractivity contribution in [2.45, 2.75) is 26.2 Å². The van der Waals surface area contributed by atoms with Crippen LogP contribution in [0.15, 0.2) is 81.1 Å². The number of rotatable bonds is 0. The van der Waals surface area contributed by atoms with E-state index in [0.29, 0.717) is 60.7 Å². The summed E-state index contributed by atoms with van der Waals surface area (Å²) in [4.78, 5) is 0. The van der Waals surface area contributed by atoms with Crippen LogP contribution < -0.4 is 9.47 Å². The van der Waals surface area contributed by atoms with E-state index in [9.17, 15) is 5.11 Å². The van der Waals surface area contributed by atoms with Gasteiger partial charge in [-0.2, -0.15) is 0 Å². The fourth-order valence-electron chi connectivity index (χ4n) is 3.25. The molecule has 34 heavy (non-hydrogen) atoms. The summed E-state index contributed by atoms with van der Waals surface area (Å²) in [6.45, 7) is 7.73. The quantitative estimate of drug-likeness (QED) is 0.380. The molecule has 0 unspecified atom stereocenters. The molecule has 0 aromatic heterocycles. The van der Waals surface area contributed by atoms with Crippen molar-refractivity contribution in [2.24, 2.45) is 20.5 Å². The highest BCUT2D eigenvalue weighted by molar-refractivity contribution is 5.68. The number of phenols is 1. The number of para-hydroxylation sites is 2. The minimum atomic E-state index is -0.207. The van der Waals surface area contributed by atoms with Gasteiger partial charge in [-0.05, 0) is 47.4 Å². The van der Waals surface area contributed by atoms with Crippen molar-refractivity contribution < 1.29 is 19.3 Å². The molecule has 1 aliphatic rings. The Balaban J connectivity index is 1.80. The van der Waals surface area contributed by atoms with Gasteiger partial charge in [0, 0.05) is 0 Å². The molecule has 3 aromatic carbocycles. The third kappa shape index (κ3) is 5.77. The minimum Gasteiger partial charge on any atom is -0.504 e. The maximum atomic E-state index is 10.9. The Morgan fingerprint density at radius 1 is 0.647 bits per heavy atom. The first-order valence-electron chi connectivity index (χ1n) is 11.1. The van der Waals surface area contributed by atoms with Crippen LogP contribution in [-0.4, -0.2) is 31.5 Å². The normalized spacial score (nSPS) is 14.7. The number of nitrogens with zero attached hydrogens (tertiary/aromatic N) is 4. The van der Waals surface area contributed by atoms with E-state index < -0.39 is 0 Å². The number of azo groups is 2. The van der Waals surface area contributed by atoms with E-state index in [4.69, 9.17) is 14.2 Å². The molecule has 1 N–H and O–H groups in total. The van der Waals surface area contributed by atoms with Gasteiger partial charge < -0.3 is 19.3 Å². The molecule has 0 atom stereocenters. The minimum absolute atomic E-state index is 0.105. The third-order valence-electron chi connectivity index (χ3n) is 5.17. The molecule has 8 nitrogen and oxygen atoms in total. The van der Waals surface area contributed by atoms with Crippen molar-refractivity contribution >= 4 is 22.7 Å². The summed E-state index contributed by atoms with van der Waals surface area (Å²) in [5.74, 6) is 1.05. The predicted octanol–water partition coefficient (Wildman–Crippen LogP) is 7.31. The summed E-state index contributed by atoms with van der Waals surface area (Å²) in [6.07, 6.45) is 0. The first-order valence-corrected chi connectivity index (χ1v) is 11.1. The van der Waals surface area contributed by atoms with Crippen LogP contribution in [0, 0.1) is 0 Å². The van der Waals surface area contributed by atoms with E-state index in [1.54, 1.807) is 12.1 Å². The van der Waals surface area contributed by atoms with E-state index in [1.807, 2.05) is 48.5 Å². The lowest BCUT2D eigenvalue weighted by molar-refractivity contribution is 0.0767. The molecule has 3 aromatic rings. The molecule has 8 heteroatoms. The van der Waals surface area contributed by atoms with E-state index in [0.717, 1.165) is 5.56 Å². The van der Waals surface area contributed by atoms with Gasteiger partial charge >= 0.3 is 0 Å². The van der Waals surface area contributed by atoms with Crippen molar-refractivity contribution in [1.82, 2.24) is 0 Å². The molecule has 0 saturated carbocycles. The third-order valence-corrected chi connectivity index (χ3v) is 5.17. The van der Waals surface area contributed by atoms with Crippen LogP contribution in [0.4, 0.5) is 22.7 Å². The lowest BCUT2D eigenvalue weighted by Gasteiger charge is -2.20. The Bertz CT molecular complexity index is 1120. The highest BCUT2D eigenvalue weighted by atomic mass is 16.5. The Kier molecular flexibility index (Phi) is 7.18. The zero-order chi connectivity index (χ0) is 24.0. The maximum absolute atomic E-state index is 10.9. The van der Waals surface area contributed by atoms with E-state index in [-0.39, 0.29) is 11.2 Å². The summed E-state index contributed by atoms with van der Waals surface area (Å²) in [5.41, 5.74) is 2.42. The van der Waals surface area contributed by atoms with Crippen molar-refractivity contribution in [3.05, 3.63) is 66.2 Å². The van der Waals surface area contributed by atoms with Crippen LogP contribution in [0.2, 0.25) is 0 Å². The highest BCUT2D eigenvalue weighted by Gasteiger charge is 2.19. The zero-order valence-electron chi connectivity index (χ0n) is 19.6. The van der Waals surface area contributed by atoms with Gasteiger partial charge in [0.15, 0.2) is 5.75 Å². The first kappa shape index (κ1) is 23.4. The topological polar surface area (TPSA) is 97.4 Å². The second-order valence-electron chi connectivity index (χ2n) is 8.76. The van der Waals surface area contributed by atoms with Crippen molar-refractivity contribution in [2.75, 3.05) is 26.4 Å². The molecule has 0 saturated heterocycles. The van der Waals surface area contributed by atoms with Crippen LogP contribution >= 0.6 is 0 Å². The van der Waals surface area contributed by atoms with Gasteiger partial charge in [-0.1, -0.05) is 45.0 Å². The van der Waals surface area contributed by atoms with E-state index >= 15 is 0 Å². The molecule has 0 aliphatic carbocycles. The van der Waals surface area contributed by atoms with Gasteiger partial charge in [0.25, 0.3) is 0 Å². The molecule has 2 bridgehead atoms. The van der Waals surface area contributed by atoms with Gasteiger partial charge in [0.05, 0.1) is 13.2 Å². The summed E-state index contributed by atoms with van der Waals surface area (Å²) in [7, 11) is 0. The largest absolute Gasteiger partial charge is 0.504 e. The molecule has 0 radical (unpaired) electrons. The van der Waals surface area contributed by atoms with E-state index in [2.05, 4.69) is 41.2 Å². The average molecular weight is 461 g/mol. The van der Waals surface area contributed by atoms with Crippen LogP contribution in [0.25, 0.3) is 0 Å². The summed E-state index contributed by atoms with van der Waals surface area (Å²) >= 11 is 0. The first-order chi connectivity index (χ1) is 16.4. The van der Waals surface area contributed by atoms with Gasteiger partial charge in [0.1, 0.15) is 47.5 Å². The molecule has 0 spiro atoms. The SMILES string of the molecule is CC(C)(C)c1cc2c(O)c(c1)N=Nc1ccccc1OCCOCCOc1ccccc1N=N2. The maximum Gasteiger partial charge on any atom is 0.171 e. The van der Waals surface area contributed by atoms with Gasteiger partial charge in [-0.3, -0.25) is 0 Å². The second kappa shape index (κ2) is 10.4. The predicted molar refractivity (Wildman–Crippen MR) is 130 cm³/mol. The van der Waals surface area contributed by atoms with Crippen molar-refractivity contribution in [3.63, 3.8) is 0 Å². The molecular formula is C26H28N4O4. The average Bonchev–Trinajstić information content (AvgIpc) is 2.82. The van der Waals surface area contributed by atoms with Crippen LogP contribution in [0.5, 0.6) is 17.2 Å². The summed E-state index contributed by atoms with van der Waals surface area (Å²) < 4.78 is 17.3.